The average Bonchev–Trinajstić information content (AvgIpc) is 2.24. The molecular formula is C10H18N2O3S. The molecular weight excluding hydrogens is 228 g/mol. The maximum Gasteiger partial charge on any atom is 0.325 e. The first kappa shape index (κ1) is 14.8. The monoisotopic (exact) mass is 246 g/mol. The van der Waals surface area contributed by atoms with Gasteiger partial charge in [-0.05, 0) is 20.3 Å². The van der Waals surface area contributed by atoms with Crippen LogP contribution in [0.1, 0.15) is 27.2 Å². The normalized spacial score (nSPS) is 13.7. The second kappa shape index (κ2) is 6.42. The van der Waals surface area contributed by atoms with E-state index in [0.29, 0.717) is 6.42 Å². The quantitative estimate of drug-likeness (QED) is 0.522. The van der Waals surface area contributed by atoms with E-state index in [1.54, 1.807) is 13.8 Å². The topological polar surface area (TPSA) is 81.4 Å². The van der Waals surface area contributed by atoms with E-state index < -0.39 is 11.4 Å². The molecule has 6 heteroatoms. The zero-order chi connectivity index (χ0) is 12.8. The number of hydrogen-bond acceptors (Lipinski definition) is 4. The number of amides is 1. The van der Waals surface area contributed by atoms with Crippen molar-refractivity contribution in [2.24, 2.45) is 11.1 Å². The molecule has 0 aromatic heterocycles. The Bertz CT molecular complexity index is 294. The largest absolute Gasteiger partial charge is 0.465 e. The molecule has 0 saturated carbocycles. The van der Waals surface area contributed by atoms with Gasteiger partial charge in [0.15, 0.2) is 0 Å². The van der Waals surface area contributed by atoms with Crippen molar-refractivity contribution in [3.05, 3.63) is 0 Å². The molecule has 16 heavy (non-hydrogen) atoms. The highest BCUT2D eigenvalue weighted by Crippen LogP contribution is 2.21. The van der Waals surface area contributed by atoms with Gasteiger partial charge in [0, 0.05) is 0 Å². The summed E-state index contributed by atoms with van der Waals surface area (Å²) in [6, 6.07) is 0. The Morgan fingerprint density at radius 3 is 2.38 bits per heavy atom. The van der Waals surface area contributed by atoms with Crippen LogP contribution in [0.5, 0.6) is 0 Å². The molecule has 0 aliphatic heterocycles. The molecule has 0 bridgehead atoms. The van der Waals surface area contributed by atoms with Crippen molar-refractivity contribution >= 4 is 29.1 Å². The van der Waals surface area contributed by atoms with Crippen LogP contribution in [0.15, 0.2) is 0 Å². The summed E-state index contributed by atoms with van der Waals surface area (Å²) < 4.78 is 4.68. The van der Waals surface area contributed by atoms with Crippen LogP contribution in [-0.2, 0) is 14.3 Å². The summed E-state index contributed by atoms with van der Waals surface area (Å²) in [4.78, 5) is 22.9. The van der Waals surface area contributed by atoms with E-state index in [0.717, 1.165) is 0 Å². The summed E-state index contributed by atoms with van der Waals surface area (Å²) in [5, 5.41) is 2.46. The van der Waals surface area contributed by atoms with Gasteiger partial charge in [0.25, 0.3) is 0 Å². The molecule has 0 aromatic rings. The van der Waals surface area contributed by atoms with Crippen molar-refractivity contribution < 1.29 is 14.3 Å². The molecule has 1 amide bonds. The molecule has 0 heterocycles. The van der Waals surface area contributed by atoms with Crippen molar-refractivity contribution in [2.45, 2.75) is 27.2 Å². The molecule has 0 aliphatic rings. The highest BCUT2D eigenvalue weighted by molar-refractivity contribution is 7.80. The van der Waals surface area contributed by atoms with Gasteiger partial charge in [0.05, 0.1) is 17.0 Å². The van der Waals surface area contributed by atoms with E-state index >= 15 is 0 Å². The lowest BCUT2D eigenvalue weighted by atomic mass is 9.86. The highest BCUT2D eigenvalue weighted by Gasteiger charge is 2.34. The average molecular weight is 246 g/mol. The lowest BCUT2D eigenvalue weighted by Crippen LogP contribution is -2.47. The third kappa shape index (κ3) is 3.77. The number of nitrogens with two attached hydrogens (primary N) is 1. The smallest absolute Gasteiger partial charge is 0.325 e. The molecule has 0 aromatic carbocycles. The zero-order valence-corrected chi connectivity index (χ0v) is 10.6. The van der Waals surface area contributed by atoms with Crippen molar-refractivity contribution in [2.75, 3.05) is 13.2 Å². The Labute approximate surface area is 101 Å². The van der Waals surface area contributed by atoms with Gasteiger partial charge in [-0.2, -0.15) is 0 Å². The van der Waals surface area contributed by atoms with Crippen molar-refractivity contribution in [1.82, 2.24) is 5.32 Å². The SMILES string of the molecule is CCOC(=O)CNC(=O)C(C)(CC)C(N)=S. The fraction of sp³-hybridized carbons (Fsp3) is 0.700. The Kier molecular flexibility index (Phi) is 5.95. The van der Waals surface area contributed by atoms with Crippen LogP contribution in [0.25, 0.3) is 0 Å². The van der Waals surface area contributed by atoms with Gasteiger partial charge in [-0.15, -0.1) is 0 Å². The van der Waals surface area contributed by atoms with Gasteiger partial charge in [0.2, 0.25) is 5.91 Å². The number of carbonyl (C=O) groups excluding carboxylic acids is 2. The Balaban J connectivity index is 4.34. The van der Waals surface area contributed by atoms with Gasteiger partial charge < -0.3 is 15.8 Å². The van der Waals surface area contributed by atoms with Crippen LogP contribution < -0.4 is 11.1 Å². The maximum atomic E-state index is 11.8. The number of carbonyl (C=O) groups is 2. The fourth-order valence-corrected chi connectivity index (χ4v) is 1.24. The van der Waals surface area contributed by atoms with Gasteiger partial charge in [0.1, 0.15) is 6.54 Å². The Morgan fingerprint density at radius 1 is 1.44 bits per heavy atom. The molecule has 3 N–H and O–H groups in total. The van der Waals surface area contributed by atoms with Gasteiger partial charge in [-0.25, -0.2) is 0 Å². The molecule has 5 nitrogen and oxygen atoms in total. The van der Waals surface area contributed by atoms with E-state index in [2.05, 4.69) is 10.1 Å². The predicted molar refractivity (Wildman–Crippen MR) is 64.8 cm³/mol. The van der Waals surface area contributed by atoms with Gasteiger partial charge in [-0.1, -0.05) is 19.1 Å². The Morgan fingerprint density at radius 2 is 2.00 bits per heavy atom. The Hall–Kier alpha value is -1.17. The molecule has 0 saturated heterocycles. The molecule has 1 unspecified atom stereocenters. The van der Waals surface area contributed by atoms with Crippen LogP contribution >= 0.6 is 12.2 Å². The van der Waals surface area contributed by atoms with Crippen LogP contribution in [0.3, 0.4) is 0 Å². The molecule has 0 rings (SSSR count). The number of rotatable bonds is 6. The number of ether oxygens (including phenoxy) is 1. The van der Waals surface area contributed by atoms with E-state index in [4.69, 9.17) is 18.0 Å². The van der Waals surface area contributed by atoms with Gasteiger partial charge >= 0.3 is 5.97 Å². The first-order valence-corrected chi connectivity index (χ1v) is 5.53. The number of esters is 1. The summed E-state index contributed by atoms with van der Waals surface area (Å²) in [6.45, 7) is 5.28. The van der Waals surface area contributed by atoms with E-state index in [1.165, 1.54) is 0 Å². The summed E-state index contributed by atoms with van der Waals surface area (Å²) in [6.07, 6.45) is 0.483. The fourth-order valence-electron chi connectivity index (χ4n) is 1.01. The highest BCUT2D eigenvalue weighted by atomic mass is 32.1. The summed E-state index contributed by atoms with van der Waals surface area (Å²) >= 11 is 4.84. The lowest BCUT2D eigenvalue weighted by Gasteiger charge is -2.25. The number of nitrogens with one attached hydrogen (secondary N) is 1. The molecule has 0 spiro atoms. The van der Waals surface area contributed by atoms with Crippen molar-refractivity contribution in [1.29, 1.82) is 0 Å². The second-order valence-electron chi connectivity index (χ2n) is 3.54. The second-order valence-corrected chi connectivity index (χ2v) is 3.98. The summed E-state index contributed by atoms with van der Waals surface area (Å²) in [5.74, 6) is -0.826. The first-order valence-electron chi connectivity index (χ1n) is 5.12. The summed E-state index contributed by atoms with van der Waals surface area (Å²) in [7, 11) is 0. The molecule has 0 aliphatic carbocycles. The van der Waals surface area contributed by atoms with Crippen LogP contribution in [0, 0.1) is 5.41 Å². The number of hydrogen-bond donors (Lipinski definition) is 2. The number of thiocarbonyl (C=S) groups is 1. The van der Waals surface area contributed by atoms with Gasteiger partial charge in [-0.3, -0.25) is 9.59 Å². The van der Waals surface area contributed by atoms with E-state index in [1.807, 2.05) is 6.92 Å². The molecule has 0 radical (unpaired) electrons. The minimum absolute atomic E-state index is 0.122. The predicted octanol–water partition coefficient (Wildman–Crippen LogP) is 0.368. The van der Waals surface area contributed by atoms with Crippen LogP contribution in [0.4, 0.5) is 0 Å². The third-order valence-electron chi connectivity index (χ3n) is 2.45. The molecule has 1 atom stereocenters. The van der Waals surface area contributed by atoms with Crippen LogP contribution in [-0.4, -0.2) is 30.0 Å². The van der Waals surface area contributed by atoms with Crippen molar-refractivity contribution in [3.8, 4) is 0 Å². The molecule has 92 valence electrons. The maximum absolute atomic E-state index is 11.8. The van der Waals surface area contributed by atoms with E-state index in [-0.39, 0.29) is 24.0 Å². The lowest BCUT2D eigenvalue weighted by molar-refractivity contribution is -0.144. The zero-order valence-electron chi connectivity index (χ0n) is 9.83. The molecule has 0 fully saturated rings. The third-order valence-corrected chi connectivity index (χ3v) is 2.90. The minimum atomic E-state index is -0.915. The van der Waals surface area contributed by atoms with E-state index in [9.17, 15) is 9.59 Å². The minimum Gasteiger partial charge on any atom is -0.465 e. The van der Waals surface area contributed by atoms with Crippen molar-refractivity contribution in [3.63, 3.8) is 0 Å². The summed E-state index contributed by atoms with van der Waals surface area (Å²) in [5.41, 5.74) is 4.59. The van der Waals surface area contributed by atoms with Crippen LogP contribution in [0.2, 0.25) is 0 Å². The standard InChI is InChI=1S/C10H18N2O3S/c1-4-10(3,8(11)16)9(14)12-6-7(13)15-5-2/h4-6H2,1-3H3,(H2,11,16)(H,12,14). The first-order chi connectivity index (χ1) is 7.38.